The first-order chi connectivity index (χ1) is 8.61. The van der Waals surface area contributed by atoms with E-state index in [1.54, 1.807) is 0 Å². The number of ether oxygens (including phenoxy) is 1. The van der Waals surface area contributed by atoms with Crippen molar-refractivity contribution in [3.63, 3.8) is 0 Å². The fourth-order valence-corrected chi connectivity index (χ4v) is 2.49. The SMILES string of the molecule is CC(C)C(CO)NCc1cc(Cl)cc2c1OCC2. The van der Waals surface area contributed by atoms with Crippen LogP contribution in [-0.4, -0.2) is 24.4 Å². The van der Waals surface area contributed by atoms with E-state index < -0.39 is 0 Å². The monoisotopic (exact) mass is 269 g/mol. The third-order valence-corrected chi connectivity index (χ3v) is 3.60. The van der Waals surface area contributed by atoms with Crippen LogP contribution in [0.4, 0.5) is 0 Å². The number of aliphatic hydroxyl groups is 1. The first kappa shape index (κ1) is 13.7. The number of rotatable bonds is 5. The lowest BCUT2D eigenvalue weighted by molar-refractivity contribution is 0.209. The van der Waals surface area contributed by atoms with Crippen LogP contribution in [0, 0.1) is 5.92 Å². The normalized spacial score (nSPS) is 15.6. The molecule has 0 saturated carbocycles. The van der Waals surface area contributed by atoms with Gasteiger partial charge in [-0.2, -0.15) is 0 Å². The maximum absolute atomic E-state index is 9.30. The van der Waals surface area contributed by atoms with E-state index in [9.17, 15) is 5.11 Å². The van der Waals surface area contributed by atoms with E-state index >= 15 is 0 Å². The van der Waals surface area contributed by atoms with Crippen molar-refractivity contribution in [3.8, 4) is 5.75 Å². The average Bonchev–Trinajstić information content (AvgIpc) is 2.77. The quantitative estimate of drug-likeness (QED) is 0.862. The van der Waals surface area contributed by atoms with Crippen molar-refractivity contribution in [3.05, 3.63) is 28.3 Å². The molecule has 4 heteroatoms. The molecular formula is C14H20ClNO2. The van der Waals surface area contributed by atoms with E-state index in [0.717, 1.165) is 29.4 Å². The molecule has 1 aromatic carbocycles. The van der Waals surface area contributed by atoms with E-state index in [1.807, 2.05) is 12.1 Å². The number of benzene rings is 1. The lowest BCUT2D eigenvalue weighted by Crippen LogP contribution is -2.36. The second-order valence-corrected chi connectivity index (χ2v) is 5.50. The maximum atomic E-state index is 9.30. The van der Waals surface area contributed by atoms with Gasteiger partial charge in [-0.1, -0.05) is 25.4 Å². The van der Waals surface area contributed by atoms with Gasteiger partial charge in [0.25, 0.3) is 0 Å². The van der Waals surface area contributed by atoms with Crippen molar-refractivity contribution < 1.29 is 9.84 Å². The summed E-state index contributed by atoms with van der Waals surface area (Å²) in [6.45, 7) is 5.73. The highest BCUT2D eigenvalue weighted by Crippen LogP contribution is 2.32. The molecule has 0 radical (unpaired) electrons. The van der Waals surface area contributed by atoms with Crippen molar-refractivity contribution in [2.45, 2.75) is 32.9 Å². The van der Waals surface area contributed by atoms with Crippen LogP contribution in [0.25, 0.3) is 0 Å². The summed E-state index contributed by atoms with van der Waals surface area (Å²) in [6, 6.07) is 4.01. The first-order valence-electron chi connectivity index (χ1n) is 6.40. The topological polar surface area (TPSA) is 41.5 Å². The molecule has 18 heavy (non-hydrogen) atoms. The molecule has 3 nitrogen and oxygen atoms in total. The smallest absolute Gasteiger partial charge is 0.127 e. The molecule has 1 aromatic rings. The zero-order chi connectivity index (χ0) is 13.1. The van der Waals surface area contributed by atoms with Gasteiger partial charge in [0.05, 0.1) is 13.2 Å². The predicted octanol–water partition coefficient (Wildman–Crippen LogP) is 2.38. The molecular weight excluding hydrogens is 250 g/mol. The van der Waals surface area contributed by atoms with Gasteiger partial charge in [-0.3, -0.25) is 0 Å². The number of hydrogen-bond acceptors (Lipinski definition) is 3. The van der Waals surface area contributed by atoms with Gasteiger partial charge in [0.2, 0.25) is 0 Å². The van der Waals surface area contributed by atoms with Gasteiger partial charge >= 0.3 is 0 Å². The van der Waals surface area contributed by atoms with Crippen molar-refractivity contribution >= 4 is 11.6 Å². The molecule has 1 heterocycles. The van der Waals surface area contributed by atoms with Gasteiger partial charge in [-0.05, 0) is 23.6 Å². The van der Waals surface area contributed by atoms with Crippen molar-refractivity contribution in [2.75, 3.05) is 13.2 Å². The van der Waals surface area contributed by atoms with Crippen molar-refractivity contribution in [2.24, 2.45) is 5.92 Å². The minimum Gasteiger partial charge on any atom is -0.493 e. The molecule has 2 rings (SSSR count). The lowest BCUT2D eigenvalue weighted by Gasteiger charge is -2.20. The molecule has 1 atom stereocenters. The summed E-state index contributed by atoms with van der Waals surface area (Å²) in [5.41, 5.74) is 2.26. The summed E-state index contributed by atoms with van der Waals surface area (Å²) in [5.74, 6) is 1.36. The van der Waals surface area contributed by atoms with Crippen LogP contribution in [0.2, 0.25) is 5.02 Å². The highest BCUT2D eigenvalue weighted by molar-refractivity contribution is 6.30. The minimum absolute atomic E-state index is 0.0982. The number of nitrogens with one attached hydrogen (secondary N) is 1. The van der Waals surface area contributed by atoms with Crippen LogP contribution >= 0.6 is 11.6 Å². The van der Waals surface area contributed by atoms with Crippen LogP contribution in [0.5, 0.6) is 5.75 Å². The molecule has 0 bridgehead atoms. The number of halogens is 1. The van der Waals surface area contributed by atoms with Crippen molar-refractivity contribution in [1.29, 1.82) is 0 Å². The highest BCUT2D eigenvalue weighted by Gasteiger charge is 2.19. The van der Waals surface area contributed by atoms with Gasteiger partial charge in [-0.15, -0.1) is 0 Å². The molecule has 1 unspecified atom stereocenters. The molecule has 2 N–H and O–H groups in total. The number of aliphatic hydroxyl groups excluding tert-OH is 1. The summed E-state index contributed by atoms with van der Waals surface area (Å²) in [6.07, 6.45) is 0.927. The Balaban J connectivity index is 2.10. The fraction of sp³-hybridized carbons (Fsp3) is 0.571. The molecule has 100 valence electrons. The van der Waals surface area contributed by atoms with Gasteiger partial charge in [0, 0.05) is 29.6 Å². The Bertz CT molecular complexity index is 421. The number of fused-ring (bicyclic) bond motifs is 1. The Kier molecular flexibility index (Phi) is 4.49. The highest BCUT2D eigenvalue weighted by atomic mass is 35.5. The molecule has 1 aliphatic heterocycles. The summed E-state index contributed by atoms with van der Waals surface area (Å²) in [5, 5.41) is 13.4. The molecule has 0 aromatic heterocycles. The molecule has 0 aliphatic carbocycles. The fourth-order valence-electron chi connectivity index (χ4n) is 2.23. The van der Waals surface area contributed by atoms with Gasteiger partial charge in [0.15, 0.2) is 0 Å². The third-order valence-electron chi connectivity index (χ3n) is 3.38. The van der Waals surface area contributed by atoms with Crippen LogP contribution < -0.4 is 10.1 Å². The molecule has 1 aliphatic rings. The Morgan fingerprint density at radius 2 is 2.22 bits per heavy atom. The summed E-state index contributed by atoms with van der Waals surface area (Å²) < 4.78 is 5.65. The molecule has 0 amide bonds. The van der Waals surface area contributed by atoms with Crippen molar-refractivity contribution in [1.82, 2.24) is 5.32 Å². The van der Waals surface area contributed by atoms with E-state index in [4.69, 9.17) is 16.3 Å². The standard InChI is InChI=1S/C14H20ClNO2/c1-9(2)13(8-17)16-7-11-6-12(15)5-10-3-4-18-14(10)11/h5-6,9,13,16-17H,3-4,7-8H2,1-2H3. The van der Waals surface area contributed by atoms with E-state index in [-0.39, 0.29) is 12.6 Å². The summed E-state index contributed by atoms with van der Waals surface area (Å²) in [4.78, 5) is 0. The van der Waals surface area contributed by atoms with E-state index in [0.29, 0.717) is 12.5 Å². The Morgan fingerprint density at radius 1 is 1.44 bits per heavy atom. The molecule has 0 spiro atoms. The van der Waals surface area contributed by atoms with E-state index in [2.05, 4.69) is 19.2 Å². The van der Waals surface area contributed by atoms with Gasteiger partial charge in [0.1, 0.15) is 5.75 Å². The Hall–Kier alpha value is -0.770. The predicted molar refractivity (Wildman–Crippen MR) is 73.2 cm³/mol. The molecule has 0 saturated heterocycles. The van der Waals surface area contributed by atoms with Gasteiger partial charge < -0.3 is 15.2 Å². The maximum Gasteiger partial charge on any atom is 0.127 e. The molecule has 0 fully saturated rings. The minimum atomic E-state index is 0.0982. The number of hydrogen-bond donors (Lipinski definition) is 2. The second kappa shape index (κ2) is 5.91. The zero-order valence-electron chi connectivity index (χ0n) is 10.9. The van der Waals surface area contributed by atoms with Crippen LogP contribution in [0.1, 0.15) is 25.0 Å². The largest absolute Gasteiger partial charge is 0.493 e. The van der Waals surface area contributed by atoms with Crippen LogP contribution in [0.15, 0.2) is 12.1 Å². The zero-order valence-corrected chi connectivity index (χ0v) is 11.6. The van der Waals surface area contributed by atoms with Crippen LogP contribution in [-0.2, 0) is 13.0 Å². The summed E-state index contributed by atoms with van der Waals surface area (Å²) >= 11 is 6.11. The van der Waals surface area contributed by atoms with Crippen LogP contribution in [0.3, 0.4) is 0 Å². The van der Waals surface area contributed by atoms with Gasteiger partial charge in [-0.25, -0.2) is 0 Å². The first-order valence-corrected chi connectivity index (χ1v) is 6.78. The average molecular weight is 270 g/mol. The second-order valence-electron chi connectivity index (χ2n) is 5.07. The Morgan fingerprint density at radius 3 is 2.89 bits per heavy atom. The van der Waals surface area contributed by atoms with E-state index in [1.165, 1.54) is 5.56 Å². The third kappa shape index (κ3) is 2.97. The Labute approximate surface area is 113 Å². The lowest BCUT2D eigenvalue weighted by atomic mass is 10.0. The summed E-state index contributed by atoms with van der Waals surface area (Å²) in [7, 11) is 0.